The fourth-order valence-electron chi connectivity index (χ4n) is 2.75. The topological polar surface area (TPSA) is 47.5 Å². The van der Waals surface area contributed by atoms with Crippen LogP contribution in [0.25, 0.3) is 10.9 Å². The molecule has 0 unspecified atom stereocenters. The second-order valence-electron chi connectivity index (χ2n) is 5.22. The average Bonchev–Trinajstić information content (AvgIpc) is 2.48. The van der Waals surface area contributed by atoms with Crippen LogP contribution in [0.2, 0.25) is 0 Å². The van der Waals surface area contributed by atoms with Crippen LogP contribution in [0, 0.1) is 5.92 Å². The van der Waals surface area contributed by atoms with Crippen molar-refractivity contribution in [1.82, 2.24) is 9.97 Å². The molecular weight excluding hydrogens is 266 g/mol. The summed E-state index contributed by atoms with van der Waals surface area (Å²) in [7, 11) is 3.26. The van der Waals surface area contributed by atoms with E-state index >= 15 is 0 Å². The summed E-state index contributed by atoms with van der Waals surface area (Å²) in [6.07, 6.45) is 4.63. The number of benzene rings is 1. The highest BCUT2D eigenvalue weighted by Gasteiger charge is 2.28. The monoisotopic (exact) mass is 285 g/mol. The molecule has 0 N–H and O–H groups in total. The van der Waals surface area contributed by atoms with Crippen molar-refractivity contribution in [3.8, 4) is 11.5 Å². The minimum Gasteiger partial charge on any atom is -0.493 e. The highest BCUT2D eigenvalue weighted by Crippen LogP contribution is 2.36. The van der Waals surface area contributed by atoms with Crippen molar-refractivity contribution in [2.75, 3.05) is 32.2 Å². The Hall–Kier alpha value is -2.30. The van der Waals surface area contributed by atoms with Crippen molar-refractivity contribution in [3.05, 3.63) is 31.1 Å². The molecule has 0 atom stereocenters. The van der Waals surface area contributed by atoms with Gasteiger partial charge in [0.25, 0.3) is 0 Å². The van der Waals surface area contributed by atoms with Crippen molar-refractivity contribution in [3.63, 3.8) is 0 Å². The number of hydrogen-bond acceptors (Lipinski definition) is 5. The third kappa shape index (κ3) is 2.39. The summed E-state index contributed by atoms with van der Waals surface area (Å²) in [4.78, 5) is 11.0. The smallest absolute Gasteiger partial charge is 0.162 e. The van der Waals surface area contributed by atoms with E-state index in [-0.39, 0.29) is 0 Å². The Morgan fingerprint density at radius 3 is 2.62 bits per heavy atom. The molecule has 0 aliphatic carbocycles. The summed E-state index contributed by atoms with van der Waals surface area (Å²) in [6.45, 7) is 5.81. The predicted molar refractivity (Wildman–Crippen MR) is 83.2 cm³/mol. The van der Waals surface area contributed by atoms with Crippen LogP contribution < -0.4 is 14.4 Å². The molecule has 1 aromatic heterocycles. The molecule has 1 fully saturated rings. The number of aromatic nitrogens is 2. The number of ether oxygens (including phenoxy) is 2. The van der Waals surface area contributed by atoms with Gasteiger partial charge in [0.2, 0.25) is 0 Å². The van der Waals surface area contributed by atoms with E-state index in [4.69, 9.17) is 9.47 Å². The molecule has 0 amide bonds. The van der Waals surface area contributed by atoms with Crippen LogP contribution in [-0.4, -0.2) is 37.3 Å². The lowest BCUT2D eigenvalue weighted by Crippen LogP contribution is -2.47. The van der Waals surface area contributed by atoms with Gasteiger partial charge in [0.05, 0.1) is 19.7 Å². The van der Waals surface area contributed by atoms with Crippen LogP contribution in [-0.2, 0) is 0 Å². The molecule has 2 aromatic rings. The van der Waals surface area contributed by atoms with Gasteiger partial charge in [-0.15, -0.1) is 6.58 Å². The molecule has 0 bridgehead atoms. The van der Waals surface area contributed by atoms with Crippen molar-refractivity contribution in [1.29, 1.82) is 0 Å². The Bertz CT molecular complexity index is 666. The molecule has 0 saturated carbocycles. The normalized spacial score (nSPS) is 14.9. The van der Waals surface area contributed by atoms with Crippen LogP contribution in [0.3, 0.4) is 0 Å². The van der Waals surface area contributed by atoms with E-state index in [9.17, 15) is 0 Å². The maximum Gasteiger partial charge on any atom is 0.162 e. The summed E-state index contributed by atoms with van der Waals surface area (Å²) in [5.41, 5.74) is 0.866. The number of fused-ring (bicyclic) bond motifs is 1. The molecule has 0 radical (unpaired) electrons. The molecule has 1 aliphatic rings. The van der Waals surface area contributed by atoms with Crippen LogP contribution in [0.5, 0.6) is 11.5 Å². The number of methoxy groups -OCH3 is 2. The van der Waals surface area contributed by atoms with E-state index in [0.717, 1.165) is 36.2 Å². The molecule has 1 aromatic carbocycles. The van der Waals surface area contributed by atoms with Gasteiger partial charge in [0, 0.05) is 24.5 Å². The van der Waals surface area contributed by atoms with Crippen molar-refractivity contribution < 1.29 is 9.47 Å². The van der Waals surface area contributed by atoms with Gasteiger partial charge in [-0.2, -0.15) is 0 Å². The van der Waals surface area contributed by atoms with E-state index in [0.29, 0.717) is 17.4 Å². The predicted octanol–water partition coefficient (Wildman–Crippen LogP) is 2.66. The Kier molecular flexibility index (Phi) is 3.64. The number of hydrogen-bond donors (Lipinski definition) is 0. The lowest BCUT2D eigenvalue weighted by molar-refractivity contribution is 0.355. The quantitative estimate of drug-likeness (QED) is 0.790. The van der Waals surface area contributed by atoms with Crippen molar-refractivity contribution in [2.24, 2.45) is 5.92 Å². The average molecular weight is 285 g/mol. The van der Waals surface area contributed by atoms with Gasteiger partial charge in [-0.25, -0.2) is 9.97 Å². The zero-order chi connectivity index (χ0) is 14.8. The second kappa shape index (κ2) is 5.60. The first kappa shape index (κ1) is 13.7. The third-order valence-corrected chi connectivity index (χ3v) is 3.88. The first-order valence-corrected chi connectivity index (χ1v) is 6.99. The molecule has 1 saturated heterocycles. The van der Waals surface area contributed by atoms with Gasteiger partial charge >= 0.3 is 0 Å². The lowest BCUT2D eigenvalue weighted by Gasteiger charge is -2.40. The molecule has 5 heteroatoms. The van der Waals surface area contributed by atoms with E-state index in [1.165, 1.54) is 0 Å². The van der Waals surface area contributed by atoms with Crippen LogP contribution >= 0.6 is 0 Å². The maximum atomic E-state index is 5.38. The summed E-state index contributed by atoms with van der Waals surface area (Å²) in [5.74, 6) is 3.01. The first-order chi connectivity index (χ1) is 10.3. The van der Waals surface area contributed by atoms with Crippen LogP contribution in [0.15, 0.2) is 31.1 Å². The Morgan fingerprint density at radius 2 is 1.95 bits per heavy atom. The van der Waals surface area contributed by atoms with E-state index in [2.05, 4.69) is 21.4 Å². The van der Waals surface area contributed by atoms with Crippen LogP contribution in [0.4, 0.5) is 5.82 Å². The Balaban J connectivity index is 1.98. The summed E-state index contributed by atoms with van der Waals surface area (Å²) in [5, 5.41) is 0.993. The maximum absolute atomic E-state index is 5.38. The molecule has 110 valence electrons. The number of rotatable bonds is 5. The van der Waals surface area contributed by atoms with Gasteiger partial charge in [0.15, 0.2) is 11.5 Å². The SMILES string of the molecule is C=CCC1CN(c2ncnc3cc(OC)c(OC)cc23)C1. The summed E-state index contributed by atoms with van der Waals surface area (Å²) < 4.78 is 10.7. The van der Waals surface area contributed by atoms with Gasteiger partial charge in [-0.05, 0) is 18.4 Å². The molecule has 2 heterocycles. The van der Waals surface area contributed by atoms with E-state index in [1.54, 1.807) is 20.5 Å². The fraction of sp³-hybridized carbons (Fsp3) is 0.375. The zero-order valence-electron chi connectivity index (χ0n) is 12.4. The van der Waals surface area contributed by atoms with E-state index in [1.807, 2.05) is 18.2 Å². The van der Waals surface area contributed by atoms with Crippen molar-refractivity contribution in [2.45, 2.75) is 6.42 Å². The van der Waals surface area contributed by atoms with Gasteiger partial charge < -0.3 is 14.4 Å². The zero-order valence-corrected chi connectivity index (χ0v) is 12.4. The Morgan fingerprint density at radius 1 is 1.24 bits per heavy atom. The number of nitrogens with zero attached hydrogens (tertiary/aromatic N) is 3. The highest BCUT2D eigenvalue weighted by atomic mass is 16.5. The molecule has 1 aliphatic heterocycles. The van der Waals surface area contributed by atoms with Gasteiger partial charge in [-0.3, -0.25) is 0 Å². The third-order valence-electron chi connectivity index (χ3n) is 3.88. The summed E-state index contributed by atoms with van der Waals surface area (Å²) in [6, 6.07) is 3.84. The first-order valence-electron chi connectivity index (χ1n) is 6.99. The fourth-order valence-corrected chi connectivity index (χ4v) is 2.75. The minimum absolute atomic E-state index is 0.674. The molecule has 5 nitrogen and oxygen atoms in total. The largest absolute Gasteiger partial charge is 0.493 e. The molecular formula is C16H19N3O2. The van der Waals surface area contributed by atoms with Gasteiger partial charge in [0.1, 0.15) is 12.1 Å². The van der Waals surface area contributed by atoms with Crippen molar-refractivity contribution >= 4 is 16.7 Å². The Labute approximate surface area is 124 Å². The highest BCUT2D eigenvalue weighted by molar-refractivity contribution is 5.92. The standard InChI is InChI=1S/C16H19N3O2/c1-4-5-11-8-19(9-11)16-12-6-14(20-2)15(21-3)7-13(12)17-10-18-16/h4,6-7,10-11H,1,5,8-9H2,2-3H3. The second-order valence-corrected chi connectivity index (χ2v) is 5.22. The van der Waals surface area contributed by atoms with E-state index < -0.39 is 0 Å². The minimum atomic E-state index is 0.674. The van der Waals surface area contributed by atoms with Gasteiger partial charge in [-0.1, -0.05) is 6.08 Å². The summed E-state index contributed by atoms with van der Waals surface area (Å²) >= 11 is 0. The van der Waals surface area contributed by atoms with Crippen LogP contribution in [0.1, 0.15) is 6.42 Å². The number of allylic oxidation sites excluding steroid dienone is 1. The number of anilines is 1. The lowest BCUT2D eigenvalue weighted by atomic mass is 9.96. The molecule has 3 rings (SSSR count). The molecule has 21 heavy (non-hydrogen) atoms. The molecule has 0 spiro atoms.